The number of benzene rings is 2. The van der Waals surface area contributed by atoms with Gasteiger partial charge in [0, 0.05) is 21.4 Å². The highest BCUT2D eigenvalue weighted by Gasteiger charge is 2.29. The van der Waals surface area contributed by atoms with E-state index in [1.165, 1.54) is 4.90 Å². The molecule has 1 aliphatic heterocycles. The van der Waals surface area contributed by atoms with Crippen LogP contribution in [-0.4, -0.2) is 43.2 Å². The van der Waals surface area contributed by atoms with E-state index in [9.17, 15) is 9.90 Å². The van der Waals surface area contributed by atoms with Crippen molar-refractivity contribution in [2.45, 2.75) is 13.0 Å². The molecule has 5 nitrogen and oxygen atoms in total. The zero-order valence-corrected chi connectivity index (χ0v) is 16.0. The lowest BCUT2D eigenvalue weighted by atomic mass is 10.2. The third kappa shape index (κ3) is 4.61. The van der Waals surface area contributed by atoms with Gasteiger partial charge in [0.25, 0.3) is 5.91 Å². The molecule has 138 valence electrons. The standard InChI is InChI=1S/C19H21Cl2N3O2/c1-13(19(26)22-16-11-14(20)10-15(21)12-16)23-6-8-24(9-7-23)17-2-4-18(25)5-3-17/h2-5,10-13,25H,6-9H2,1H3,(H,22,26)/p+1/t13-/m1/s1. The number of hydrogen-bond acceptors (Lipinski definition) is 3. The van der Waals surface area contributed by atoms with Gasteiger partial charge in [-0.1, -0.05) is 23.2 Å². The van der Waals surface area contributed by atoms with Crippen LogP contribution in [0.2, 0.25) is 10.0 Å². The Bertz CT molecular complexity index is 755. The maximum atomic E-state index is 12.6. The molecule has 0 spiro atoms. The highest BCUT2D eigenvalue weighted by Crippen LogP contribution is 2.22. The van der Waals surface area contributed by atoms with Gasteiger partial charge in [-0.3, -0.25) is 4.79 Å². The SMILES string of the molecule is C[C@H](C(=O)Nc1cc(Cl)cc(Cl)c1)[NH+]1CCN(c2ccc(O)cc2)CC1. The van der Waals surface area contributed by atoms with Crippen LogP contribution in [-0.2, 0) is 4.79 Å². The van der Waals surface area contributed by atoms with Gasteiger partial charge in [-0.2, -0.15) is 0 Å². The maximum Gasteiger partial charge on any atom is 0.282 e. The first-order chi connectivity index (χ1) is 12.4. The lowest BCUT2D eigenvalue weighted by Crippen LogP contribution is -3.19. The molecule has 0 unspecified atom stereocenters. The minimum Gasteiger partial charge on any atom is -0.508 e. The molecule has 3 N–H and O–H groups in total. The number of hydrogen-bond donors (Lipinski definition) is 3. The minimum atomic E-state index is -0.172. The Morgan fingerprint density at radius 1 is 1.12 bits per heavy atom. The summed E-state index contributed by atoms with van der Waals surface area (Å²) >= 11 is 12.0. The number of quaternary nitrogens is 1. The molecule has 0 bridgehead atoms. The van der Waals surface area contributed by atoms with Crippen LogP contribution in [0.25, 0.3) is 0 Å². The zero-order chi connectivity index (χ0) is 18.7. The Kier molecular flexibility index (Phi) is 5.91. The molecule has 1 heterocycles. The quantitative estimate of drug-likeness (QED) is 0.746. The predicted octanol–water partition coefficient (Wildman–Crippen LogP) is 2.43. The Labute approximate surface area is 163 Å². The number of rotatable bonds is 4. The molecule has 1 atom stereocenters. The fourth-order valence-corrected chi connectivity index (χ4v) is 3.74. The number of carbonyl (C=O) groups excluding carboxylic acids is 1. The van der Waals surface area contributed by atoms with Gasteiger partial charge in [0.2, 0.25) is 0 Å². The van der Waals surface area contributed by atoms with Crippen LogP contribution in [0.5, 0.6) is 5.75 Å². The van der Waals surface area contributed by atoms with Gasteiger partial charge in [-0.15, -0.1) is 0 Å². The van der Waals surface area contributed by atoms with Crippen LogP contribution >= 0.6 is 23.2 Å². The molecule has 1 saturated heterocycles. The van der Waals surface area contributed by atoms with Crippen molar-refractivity contribution in [1.82, 2.24) is 0 Å². The normalized spacial score (nSPS) is 16.3. The summed E-state index contributed by atoms with van der Waals surface area (Å²) in [7, 11) is 0. The number of nitrogens with one attached hydrogen (secondary N) is 2. The van der Waals surface area contributed by atoms with E-state index in [2.05, 4.69) is 10.2 Å². The van der Waals surface area contributed by atoms with E-state index in [1.54, 1.807) is 30.3 Å². The molecule has 3 rings (SSSR count). The van der Waals surface area contributed by atoms with E-state index in [4.69, 9.17) is 23.2 Å². The molecule has 0 radical (unpaired) electrons. The number of aromatic hydroxyl groups is 1. The lowest BCUT2D eigenvalue weighted by molar-refractivity contribution is -0.914. The molecule has 0 aromatic heterocycles. The summed E-state index contributed by atoms with van der Waals surface area (Å²) in [4.78, 5) is 16.1. The zero-order valence-electron chi connectivity index (χ0n) is 14.5. The number of piperazine rings is 1. The number of phenols is 1. The van der Waals surface area contributed by atoms with Gasteiger partial charge in [0.1, 0.15) is 5.75 Å². The summed E-state index contributed by atoms with van der Waals surface area (Å²) in [6, 6.07) is 12.1. The number of halogens is 2. The van der Waals surface area contributed by atoms with Gasteiger partial charge in [-0.25, -0.2) is 0 Å². The van der Waals surface area contributed by atoms with Crippen molar-refractivity contribution in [3.63, 3.8) is 0 Å². The molecule has 1 amide bonds. The smallest absolute Gasteiger partial charge is 0.282 e. The van der Waals surface area contributed by atoms with Gasteiger partial charge in [0.15, 0.2) is 6.04 Å². The lowest BCUT2D eigenvalue weighted by Gasteiger charge is -2.36. The van der Waals surface area contributed by atoms with E-state index >= 15 is 0 Å². The summed E-state index contributed by atoms with van der Waals surface area (Å²) in [5, 5.41) is 13.3. The second-order valence-electron chi connectivity index (χ2n) is 6.53. The summed E-state index contributed by atoms with van der Waals surface area (Å²) in [5.74, 6) is 0.223. The van der Waals surface area contributed by atoms with Crippen molar-refractivity contribution < 1.29 is 14.8 Å². The number of carbonyl (C=O) groups is 1. The molecule has 2 aromatic carbocycles. The van der Waals surface area contributed by atoms with Crippen LogP contribution in [0, 0.1) is 0 Å². The number of phenolic OH excluding ortho intramolecular Hbond substituents is 1. The highest BCUT2D eigenvalue weighted by atomic mass is 35.5. The van der Waals surface area contributed by atoms with Crippen molar-refractivity contribution in [2.24, 2.45) is 0 Å². The molecule has 0 aliphatic carbocycles. The van der Waals surface area contributed by atoms with E-state index in [-0.39, 0.29) is 17.7 Å². The minimum absolute atomic E-state index is 0.0450. The Morgan fingerprint density at radius 2 is 1.69 bits per heavy atom. The fraction of sp³-hybridized carbons (Fsp3) is 0.316. The van der Waals surface area contributed by atoms with Gasteiger partial charge < -0.3 is 20.2 Å². The number of amides is 1. The number of nitrogens with zero attached hydrogens (tertiary/aromatic N) is 1. The van der Waals surface area contributed by atoms with Crippen LogP contribution in [0.15, 0.2) is 42.5 Å². The van der Waals surface area contributed by atoms with Crippen molar-refractivity contribution >= 4 is 40.5 Å². The van der Waals surface area contributed by atoms with Crippen molar-refractivity contribution in [1.29, 1.82) is 0 Å². The fourth-order valence-electron chi connectivity index (χ4n) is 3.21. The third-order valence-corrected chi connectivity index (χ3v) is 5.19. The van der Waals surface area contributed by atoms with Crippen LogP contribution in [0.1, 0.15) is 6.92 Å². The Hall–Kier alpha value is -1.95. The van der Waals surface area contributed by atoms with Gasteiger partial charge in [-0.05, 0) is 49.4 Å². The molecule has 7 heteroatoms. The monoisotopic (exact) mass is 394 g/mol. The summed E-state index contributed by atoms with van der Waals surface area (Å²) in [5.41, 5.74) is 1.70. The van der Waals surface area contributed by atoms with Gasteiger partial charge in [0.05, 0.1) is 26.2 Å². The molecule has 0 saturated carbocycles. The van der Waals surface area contributed by atoms with E-state index in [0.29, 0.717) is 15.7 Å². The third-order valence-electron chi connectivity index (χ3n) is 4.76. The van der Waals surface area contributed by atoms with E-state index < -0.39 is 0 Å². The Morgan fingerprint density at radius 3 is 2.27 bits per heavy atom. The Balaban J connectivity index is 1.56. The molecule has 26 heavy (non-hydrogen) atoms. The van der Waals surface area contributed by atoms with E-state index in [1.807, 2.05) is 19.1 Å². The second kappa shape index (κ2) is 8.16. The van der Waals surface area contributed by atoms with Gasteiger partial charge >= 0.3 is 0 Å². The first kappa shape index (κ1) is 18.8. The van der Waals surface area contributed by atoms with Crippen molar-refractivity contribution in [3.05, 3.63) is 52.5 Å². The van der Waals surface area contributed by atoms with Crippen molar-refractivity contribution in [3.8, 4) is 5.75 Å². The average Bonchev–Trinajstić information content (AvgIpc) is 2.61. The topological polar surface area (TPSA) is 57.0 Å². The van der Waals surface area contributed by atoms with Crippen LogP contribution < -0.4 is 15.1 Å². The summed E-state index contributed by atoms with van der Waals surface area (Å²) in [6.07, 6.45) is 0. The predicted molar refractivity (Wildman–Crippen MR) is 106 cm³/mol. The molecule has 1 aliphatic rings. The van der Waals surface area contributed by atoms with Crippen LogP contribution in [0.4, 0.5) is 11.4 Å². The van der Waals surface area contributed by atoms with Crippen molar-refractivity contribution in [2.75, 3.05) is 36.4 Å². The van der Waals surface area contributed by atoms with Crippen LogP contribution in [0.3, 0.4) is 0 Å². The number of anilines is 2. The largest absolute Gasteiger partial charge is 0.508 e. The second-order valence-corrected chi connectivity index (χ2v) is 7.40. The molecule has 1 fully saturated rings. The highest BCUT2D eigenvalue weighted by molar-refractivity contribution is 6.35. The molecular formula is C19H22Cl2N3O2+. The molecular weight excluding hydrogens is 373 g/mol. The first-order valence-electron chi connectivity index (χ1n) is 8.58. The maximum absolute atomic E-state index is 12.6. The average molecular weight is 395 g/mol. The first-order valence-corrected chi connectivity index (χ1v) is 9.33. The van der Waals surface area contributed by atoms with E-state index in [0.717, 1.165) is 31.9 Å². The summed E-state index contributed by atoms with van der Waals surface area (Å²) < 4.78 is 0. The molecule has 2 aromatic rings. The summed E-state index contributed by atoms with van der Waals surface area (Å²) in [6.45, 7) is 5.39.